The maximum atomic E-state index is 13.3. The summed E-state index contributed by atoms with van der Waals surface area (Å²) in [5.41, 5.74) is -2.99. The van der Waals surface area contributed by atoms with E-state index in [1.165, 1.54) is 0 Å². The van der Waals surface area contributed by atoms with E-state index < -0.39 is 48.9 Å². The average molecular weight is 480 g/mol. The Morgan fingerprint density at radius 2 is 1.38 bits per heavy atom. The van der Waals surface area contributed by atoms with Crippen molar-refractivity contribution in [2.75, 3.05) is 0 Å². The molecule has 0 aromatic heterocycles. The zero-order chi connectivity index (χ0) is 23.8. The molecule has 0 spiro atoms. The lowest BCUT2D eigenvalue weighted by atomic mass is 10.1. The summed E-state index contributed by atoms with van der Waals surface area (Å²) in [6, 6.07) is 8.37. The van der Waals surface area contributed by atoms with Gasteiger partial charge in [-0.15, -0.1) is 0 Å². The number of benzene rings is 2. The summed E-state index contributed by atoms with van der Waals surface area (Å²) in [4.78, 5) is 11.7. The summed E-state index contributed by atoms with van der Waals surface area (Å²) in [5, 5.41) is 0. The van der Waals surface area contributed by atoms with Gasteiger partial charge in [0.2, 0.25) is 0 Å². The number of sulfone groups is 1. The topological polar surface area (TPSA) is 60.4 Å². The van der Waals surface area contributed by atoms with Crippen LogP contribution in [0.25, 0.3) is 0 Å². The number of ether oxygens (including phenoxy) is 1. The van der Waals surface area contributed by atoms with Gasteiger partial charge in [0, 0.05) is 0 Å². The summed E-state index contributed by atoms with van der Waals surface area (Å²) in [6.45, 7) is -0.284. The van der Waals surface area contributed by atoms with Gasteiger partial charge in [-0.25, -0.2) is 8.42 Å². The zero-order valence-electron chi connectivity index (χ0n) is 16.5. The molecule has 0 N–H and O–H groups in total. The highest BCUT2D eigenvalue weighted by Gasteiger charge is 2.55. The van der Waals surface area contributed by atoms with Gasteiger partial charge in [-0.3, -0.25) is 4.79 Å². The molecule has 0 saturated heterocycles. The SMILES string of the molecule is O=C(OCc1ccccc1)C1(S(=O)(=O)c2cc(C(F)(F)F)cc(C(F)(F)F)c2)CCCC1. The number of alkyl halides is 6. The molecule has 4 nitrogen and oxygen atoms in total. The molecule has 0 radical (unpaired) electrons. The van der Waals surface area contributed by atoms with Crippen LogP contribution in [-0.4, -0.2) is 19.1 Å². The van der Waals surface area contributed by atoms with Gasteiger partial charge in [0.1, 0.15) is 6.61 Å². The number of halogens is 6. The number of esters is 1. The van der Waals surface area contributed by atoms with Crippen molar-refractivity contribution < 1.29 is 44.3 Å². The van der Waals surface area contributed by atoms with E-state index in [-0.39, 0.29) is 50.5 Å². The second-order valence-electron chi connectivity index (χ2n) is 7.51. The van der Waals surface area contributed by atoms with Gasteiger partial charge in [0.05, 0.1) is 16.0 Å². The van der Waals surface area contributed by atoms with Crippen LogP contribution in [0.5, 0.6) is 0 Å². The molecule has 0 bridgehead atoms. The van der Waals surface area contributed by atoms with Crippen LogP contribution in [0, 0.1) is 0 Å². The Morgan fingerprint density at radius 1 is 0.875 bits per heavy atom. The van der Waals surface area contributed by atoms with Crippen LogP contribution in [0.15, 0.2) is 53.4 Å². The largest absolute Gasteiger partial charge is 0.460 e. The van der Waals surface area contributed by atoms with E-state index in [1.54, 1.807) is 30.3 Å². The van der Waals surface area contributed by atoms with Gasteiger partial charge in [0.25, 0.3) is 0 Å². The summed E-state index contributed by atoms with van der Waals surface area (Å²) in [5.74, 6) is -1.19. The van der Waals surface area contributed by atoms with E-state index in [4.69, 9.17) is 4.74 Å². The highest BCUT2D eigenvalue weighted by atomic mass is 32.2. The fourth-order valence-corrected chi connectivity index (χ4v) is 5.81. The van der Waals surface area contributed by atoms with Crippen molar-refractivity contribution in [1.82, 2.24) is 0 Å². The number of carbonyl (C=O) groups excluding carboxylic acids is 1. The molecule has 1 aliphatic carbocycles. The molecule has 1 fully saturated rings. The standard InChI is InChI=1S/C21H18F6O4S/c22-20(23,24)15-10-16(21(25,26)27)12-17(11-15)32(29,30)19(8-4-5-9-19)18(28)31-13-14-6-2-1-3-7-14/h1-3,6-7,10-12H,4-5,8-9,13H2. The summed E-state index contributed by atoms with van der Waals surface area (Å²) < 4.78 is 109. The molecule has 32 heavy (non-hydrogen) atoms. The van der Waals surface area contributed by atoms with Gasteiger partial charge in [-0.2, -0.15) is 26.3 Å². The lowest BCUT2D eigenvalue weighted by Crippen LogP contribution is -2.45. The fourth-order valence-electron chi connectivity index (χ4n) is 3.69. The molecule has 174 valence electrons. The van der Waals surface area contributed by atoms with Crippen LogP contribution in [0.3, 0.4) is 0 Å². The summed E-state index contributed by atoms with van der Waals surface area (Å²) in [7, 11) is -4.94. The number of hydrogen-bond acceptors (Lipinski definition) is 4. The molecule has 2 aromatic rings. The number of carbonyl (C=O) groups is 1. The van der Waals surface area contributed by atoms with Crippen molar-refractivity contribution >= 4 is 15.8 Å². The molecule has 1 saturated carbocycles. The van der Waals surface area contributed by atoms with Crippen molar-refractivity contribution in [3.05, 3.63) is 65.2 Å². The Hall–Kier alpha value is -2.56. The van der Waals surface area contributed by atoms with E-state index in [2.05, 4.69) is 0 Å². The molecule has 2 aromatic carbocycles. The molecule has 0 amide bonds. The van der Waals surface area contributed by atoms with Crippen LogP contribution >= 0.6 is 0 Å². The molecule has 1 aliphatic rings. The summed E-state index contributed by atoms with van der Waals surface area (Å²) in [6.07, 6.45) is -10.5. The second-order valence-corrected chi connectivity index (χ2v) is 9.77. The molecular weight excluding hydrogens is 462 g/mol. The monoisotopic (exact) mass is 480 g/mol. The minimum absolute atomic E-state index is 0.134. The highest BCUT2D eigenvalue weighted by Crippen LogP contribution is 2.44. The van der Waals surface area contributed by atoms with Crippen LogP contribution < -0.4 is 0 Å². The zero-order valence-corrected chi connectivity index (χ0v) is 17.3. The Kier molecular flexibility index (Phi) is 6.34. The highest BCUT2D eigenvalue weighted by molar-refractivity contribution is 7.93. The van der Waals surface area contributed by atoms with Crippen LogP contribution in [0.4, 0.5) is 26.3 Å². The quantitative estimate of drug-likeness (QED) is 0.416. The maximum absolute atomic E-state index is 13.3. The average Bonchev–Trinajstić information content (AvgIpc) is 3.23. The third-order valence-corrected chi connectivity index (χ3v) is 7.84. The van der Waals surface area contributed by atoms with E-state index in [1.807, 2.05) is 0 Å². The van der Waals surface area contributed by atoms with Crippen LogP contribution in [-0.2, 0) is 38.3 Å². The Morgan fingerprint density at radius 3 is 1.84 bits per heavy atom. The molecule has 0 unspecified atom stereocenters. The Labute approximate surface area is 180 Å². The predicted molar refractivity (Wildman–Crippen MR) is 101 cm³/mol. The molecule has 0 aliphatic heterocycles. The van der Waals surface area contributed by atoms with Gasteiger partial charge >= 0.3 is 18.3 Å². The van der Waals surface area contributed by atoms with Crippen molar-refractivity contribution in [3.8, 4) is 0 Å². The Balaban J connectivity index is 2.05. The first-order chi connectivity index (χ1) is 14.8. The van der Waals surface area contributed by atoms with Gasteiger partial charge in [-0.05, 0) is 36.6 Å². The van der Waals surface area contributed by atoms with Crippen molar-refractivity contribution in [3.63, 3.8) is 0 Å². The van der Waals surface area contributed by atoms with Crippen LogP contribution in [0.2, 0.25) is 0 Å². The normalized spacial score (nSPS) is 16.7. The predicted octanol–water partition coefficient (Wildman–Crippen LogP) is 5.55. The summed E-state index contributed by atoms with van der Waals surface area (Å²) >= 11 is 0. The van der Waals surface area contributed by atoms with Gasteiger partial charge in [0.15, 0.2) is 14.6 Å². The van der Waals surface area contributed by atoms with E-state index in [9.17, 15) is 39.6 Å². The third-order valence-electron chi connectivity index (χ3n) is 5.38. The first kappa shape index (κ1) is 24.1. The minimum Gasteiger partial charge on any atom is -0.460 e. The molecule has 11 heteroatoms. The van der Waals surface area contributed by atoms with Crippen molar-refractivity contribution in [2.24, 2.45) is 0 Å². The lowest BCUT2D eigenvalue weighted by Gasteiger charge is -2.27. The fraction of sp³-hybridized carbons (Fsp3) is 0.381. The first-order valence-electron chi connectivity index (χ1n) is 9.53. The Bertz CT molecular complexity index is 1050. The van der Waals surface area contributed by atoms with E-state index in [0.29, 0.717) is 5.56 Å². The van der Waals surface area contributed by atoms with Crippen molar-refractivity contribution in [1.29, 1.82) is 0 Å². The molecule has 3 rings (SSSR count). The molecule has 0 atom stereocenters. The lowest BCUT2D eigenvalue weighted by molar-refractivity contribution is -0.148. The van der Waals surface area contributed by atoms with E-state index in [0.717, 1.165) is 0 Å². The first-order valence-corrected chi connectivity index (χ1v) is 11.0. The second kappa shape index (κ2) is 8.42. The van der Waals surface area contributed by atoms with E-state index >= 15 is 0 Å². The molecular formula is C21H18F6O4S. The van der Waals surface area contributed by atoms with Crippen molar-refractivity contribution in [2.45, 2.75) is 54.3 Å². The smallest absolute Gasteiger partial charge is 0.416 e. The maximum Gasteiger partial charge on any atom is 0.416 e. The van der Waals surface area contributed by atoms with Gasteiger partial charge < -0.3 is 4.74 Å². The number of hydrogen-bond donors (Lipinski definition) is 0. The van der Waals surface area contributed by atoms with Gasteiger partial charge in [-0.1, -0.05) is 43.2 Å². The third kappa shape index (κ3) is 4.62. The minimum atomic E-state index is -5.22. The molecule has 0 heterocycles. The van der Waals surface area contributed by atoms with Crippen LogP contribution in [0.1, 0.15) is 42.4 Å². The number of rotatable bonds is 5.